The maximum Gasteiger partial charge on any atom is 0.222 e. The van der Waals surface area contributed by atoms with Crippen molar-refractivity contribution < 1.29 is 4.98 Å². The number of H-pyrrole nitrogens is 2. The Morgan fingerprint density at radius 3 is 2.95 bits per heavy atom. The molecule has 3 heterocycles. The van der Waals surface area contributed by atoms with E-state index in [1.807, 2.05) is 36.5 Å². The van der Waals surface area contributed by atoms with Crippen molar-refractivity contribution in [2.24, 2.45) is 0 Å². The van der Waals surface area contributed by atoms with Gasteiger partial charge in [-0.2, -0.15) is 5.10 Å². The normalized spacial score (nSPS) is 11.0. The van der Waals surface area contributed by atoms with Crippen LogP contribution in [0, 0.1) is 0 Å². The fourth-order valence-electron chi connectivity index (χ4n) is 2.62. The second-order valence-corrected chi connectivity index (χ2v) is 4.88. The number of aromatic amines is 2. The van der Waals surface area contributed by atoms with Gasteiger partial charge in [0.1, 0.15) is 0 Å². The molecular weight excluding hydrogens is 260 g/mol. The monoisotopic (exact) mass is 273 g/mol. The molecule has 4 nitrogen and oxygen atoms in total. The average molecular weight is 273 g/mol. The second kappa shape index (κ2) is 4.52. The van der Waals surface area contributed by atoms with Gasteiger partial charge in [0.15, 0.2) is 0 Å². The summed E-state index contributed by atoms with van der Waals surface area (Å²) >= 11 is 0. The van der Waals surface area contributed by atoms with Crippen LogP contribution in [0.15, 0.2) is 55.4 Å². The lowest BCUT2D eigenvalue weighted by atomic mass is 10.0. The summed E-state index contributed by atoms with van der Waals surface area (Å²) in [5, 5.41) is 9.28. The highest BCUT2D eigenvalue weighted by molar-refractivity contribution is 6.02. The maximum atomic E-state index is 4.43. The molecule has 1 aromatic carbocycles. The number of hydrogen-bond donors (Lipinski definition) is 1. The van der Waals surface area contributed by atoms with E-state index in [1.165, 1.54) is 0 Å². The van der Waals surface area contributed by atoms with Crippen LogP contribution in [0.5, 0.6) is 0 Å². The number of aromatic nitrogens is 4. The summed E-state index contributed by atoms with van der Waals surface area (Å²) < 4.78 is 0. The van der Waals surface area contributed by atoms with Gasteiger partial charge in [0.25, 0.3) is 0 Å². The van der Waals surface area contributed by atoms with Gasteiger partial charge in [0, 0.05) is 17.7 Å². The lowest BCUT2D eigenvalue weighted by Gasteiger charge is -2.03. The molecule has 3 aromatic heterocycles. The van der Waals surface area contributed by atoms with E-state index in [4.69, 9.17) is 0 Å². The zero-order valence-electron chi connectivity index (χ0n) is 11.3. The third-order valence-electron chi connectivity index (χ3n) is 3.65. The van der Waals surface area contributed by atoms with Crippen LogP contribution in [0.4, 0.5) is 0 Å². The molecule has 0 unspecified atom stereocenters. The molecule has 0 saturated heterocycles. The largest absolute Gasteiger partial charge is 0.278 e. The average Bonchev–Trinajstić information content (AvgIpc) is 3.03. The number of pyridine rings is 2. The first-order valence-electron chi connectivity index (χ1n) is 6.73. The van der Waals surface area contributed by atoms with Gasteiger partial charge in [0.2, 0.25) is 11.2 Å². The SMILES string of the molecule is C=Cc1[nH+]c2c(ccc3[nH]ncc32)cc1-c1ccccn1. The van der Waals surface area contributed by atoms with E-state index >= 15 is 0 Å². The van der Waals surface area contributed by atoms with E-state index in [9.17, 15) is 0 Å². The Bertz CT molecular complexity index is 955. The van der Waals surface area contributed by atoms with Crippen molar-refractivity contribution in [3.63, 3.8) is 0 Å². The van der Waals surface area contributed by atoms with Gasteiger partial charge < -0.3 is 0 Å². The van der Waals surface area contributed by atoms with Crippen LogP contribution in [0.25, 0.3) is 39.1 Å². The maximum absolute atomic E-state index is 4.43. The van der Waals surface area contributed by atoms with E-state index in [2.05, 4.69) is 38.9 Å². The van der Waals surface area contributed by atoms with E-state index in [-0.39, 0.29) is 0 Å². The lowest BCUT2D eigenvalue weighted by molar-refractivity contribution is -0.345. The molecule has 2 N–H and O–H groups in total. The standard InChI is InChI=1S/C17H12N4/c1-2-14-12(15-5-3-4-8-18-15)9-11-6-7-16-13(10-19-21-16)17(11)20-14/h2-10H,1H2,(H,19,21)/p+1. The summed E-state index contributed by atoms with van der Waals surface area (Å²) in [5.41, 5.74) is 4.99. The summed E-state index contributed by atoms with van der Waals surface area (Å²) in [5.74, 6) is 0. The minimum atomic E-state index is 0.929. The quantitative estimate of drug-likeness (QED) is 0.609. The van der Waals surface area contributed by atoms with E-state index in [1.54, 1.807) is 6.20 Å². The van der Waals surface area contributed by atoms with Crippen LogP contribution >= 0.6 is 0 Å². The Kier molecular flexibility index (Phi) is 2.54. The van der Waals surface area contributed by atoms with Crippen molar-refractivity contribution >= 4 is 27.9 Å². The number of benzene rings is 1. The predicted molar refractivity (Wildman–Crippen MR) is 83.5 cm³/mol. The molecule has 0 spiro atoms. The summed E-state index contributed by atoms with van der Waals surface area (Å²) in [6.07, 6.45) is 5.45. The van der Waals surface area contributed by atoms with Gasteiger partial charge >= 0.3 is 0 Å². The van der Waals surface area contributed by atoms with Gasteiger partial charge in [-0.25, -0.2) is 4.98 Å². The Hall–Kier alpha value is -3.01. The molecular formula is C17H13N4+. The molecule has 0 bridgehead atoms. The van der Waals surface area contributed by atoms with Crippen LogP contribution in [-0.2, 0) is 0 Å². The minimum Gasteiger partial charge on any atom is -0.278 e. The number of nitrogens with zero attached hydrogens (tertiary/aromatic N) is 2. The van der Waals surface area contributed by atoms with E-state index in [0.717, 1.165) is 38.8 Å². The molecule has 4 aromatic rings. The van der Waals surface area contributed by atoms with Gasteiger partial charge in [-0.15, -0.1) is 0 Å². The van der Waals surface area contributed by atoms with Crippen molar-refractivity contribution in [1.82, 2.24) is 15.2 Å². The molecule has 0 aliphatic carbocycles. The summed E-state index contributed by atoms with van der Waals surface area (Å²) in [6, 6.07) is 12.1. The Morgan fingerprint density at radius 2 is 2.14 bits per heavy atom. The highest BCUT2D eigenvalue weighted by Crippen LogP contribution is 2.26. The molecule has 0 saturated carbocycles. The number of nitrogens with one attached hydrogen (secondary N) is 2. The second-order valence-electron chi connectivity index (χ2n) is 4.88. The van der Waals surface area contributed by atoms with Gasteiger partial charge in [-0.3, -0.25) is 10.1 Å². The number of hydrogen-bond acceptors (Lipinski definition) is 2. The van der Waals surface area contributed by atoms with Crippen molar-refractivity contribution in [3.05, 3.63) is 61.1 Å². The molecule has 0 atom stereocenters. The Balaban J connectivity index is 2.08. The minimum absolute atomic E-state index is 0.929. The van der Waals surface area contributed by atoms with Crippen molar-refractivity contribution in [3.8, 4) is 11.3 Å². The van der Waals surface area contributed by atoms with Crippen LogP contribution in [0.2, 0.25) is 0 Å². The van der Waals surface area contributed by atoms with Crippen LogP contribution < -0.4 is 4.98 Å². The molecule has 0 aliphatic heterocycles. The third-order valence-corrected chi connectivity index (χ3v) is 3.65. The zero-order valence-corrected chi connectivity index (χ0v) is 11.3. The number of rotatable bonds is 2. The van der Waals surface area contributed by atoms with Crippen molar-refractivity contribution in [1.29, 1.82) is 0 Å². The zero-order chi connectivity index (χ0) is 14.2. The number of fused-ring (bicyclic) bond motifs is 3. The first-order valence-corrected chi connectivity index (χ1v) is 6.73. The molecule has 4 rings (SSSR count). The van der Waals surface area contributed by atoms with Gasteiger partial charge in [-0.05, 0) is 30.3 Å². The Labute approximate surface area is 121 Å². The van der Waals surface area contributed by atoms with E-state index in [0.29, 0.717) is 0 Å². The van der Waals surface area contributed by atoms with Crippen LogP contribution in [0.1, 0.15) is 5.69 Å². The highest BCUT2D eigenvalue weighted by Gasteiger charge is 2.16. The lowest BCUT2D eigenvalue weighted by Crippen LogP contribution is -2.11. The molecule has 0 amide bonds. The van der Waals surface area contributed by atoms with E-state index < -0.39 is 0 Å². The van der Waals surface area contributed by atoms with Gasteiger partial charge in [0.05, 0.1) is 28.4 Å². The van der Waals surface area contributed by atoms with Crippen LogP contribution in [-0.4, -0.2) is 15.2 Å². The summed E-state index contributed by atoms with van der Waals surface area (Å²) in [6.45, 7) is 3.91. The molecule has 100 valence electrons. The van der Waals surface area contributed by atoms with Crippen LogP contribution in [0.3, 0.4) is 0 Å². The summed E-state index contributed by atoms with van der Waals surface area (Å²) in [7, 11) is 0. The molecule has 0 fully saturated rings. The third kappa shape index (κ3) is 1.80. The molecule has 21 heavy (non-hydrogen) atoms. The topological polar surface area (TPSA) is 55.7 Å². The summed E-state index contributed by atoms with van der Waals surface area (Å²) in [4.78, 5) is 7.89. The fraction of sp³-hybridized carbons (Fsp3) is 0. The van der Waals surface area contributed by atoms with Gasteiger partial charge in [-0.1, -0.05) is 12.6 Å². The Morgan fingerprint density at radius 1 is 1.19 bits per heavy atom. The van der Waals surface area contributed by atoms with Crippen molar-refractivity contribution in [2.75, 3.05) is 0 Å². The smallest absolute Gasteiger partial charge is 0.222 e. The molecule has 0 radical (unpaired) electrons. The predicted octanol–water partition coefficient (Wildman–Crippen LogP) is 3.24. The highest BCUT2D eigenvalue weighted by atomic mass is 15.1. The van der Waals surface area contributed by atoms with Crippen molar-refractivity contribution in [2.45, 2.75) is 0 Å². The molecule has 4 heteroatoms. The first-order chi connectivity index (χ1) is 10.4. The molecule has 0 aliphatic rings. The fourth-order valence-corrected chi connectivity index (χ4v) is 2.62. The first kappa shape index (κ1) is 11.8.